The van der Waals surface area contributed by atoms with Crippen molar-refractivity contribution in [3.8, 4) is 11.5 Å². The third-order valence-electron chi connectivity index (χ3n) is 4.32. The summed E-state index contributed by atoms with van der Waals surface area (Å²) in [6.45, 7) is 5.72. The molecule has 0 saturated heterocycles. The van der Waals surface area contributed by atoms with Crippen LogP contribution in [0.2, 0.25) is 0 Å². The Bertz CT molecular complexity index is 988. The molecule has 0 heterocycles. The molecule has 2 aromatic rings. The highest BCUT2D eigenvalue weighted by Crippen LogP contribution is 2.31. The minimum absolute atomic E-state index is 0.00447. The fourth-order valence-corrected chi connectivity index (χ4v) is 3.61. The Kier molecular flexibility index (Phi) is 9.08. The predicted octanol–water partition coefficient (Wildman–Crippen LogP) is 3.64. The second-order valence-corrected chi connectivity index (χ2v) is 8.92. The molecule has 0 aromatic heterocycles. The molecule has 0 spiro atoms. The molecule has 0 radical (unpaired) electrons. The van der Waals surface area contributed by atoms with Crippen molar-refractivity contribution in [2.75, 3.05) is 13.7 Å². The summed E-state index contributed by atoms with van der Waals surface area (Å²) in [4.78, 5) is 12.2. The SMILES string of the molecule is COc1cc(C(C)NC(=O)CCNS(=O)(=O)/C=C/c2ccccc2)ccc1OC(C)C. The zero-order valence-electron chi connectivity index (χ0n) is 18.3. The Morgan fingerprint density at radius 3 is 2.42 bits per heavy atom. The molecule has 0 aliphatic rings. The molecule has 2 aromatic carbocycles. The molecule has 1 amide bonds. The second-order valence-electron chi connectivity index (χ2n) is 7.27. The Hall–Kier alpha value is -2.84. The van der Waals surface area contributed by atoms with Crippen LogP contribution in [0.5, 0.6) is 11.5 Å². The van der Waals surface area contributed by atoms with E-state index in [1.807, 2.05) is 57.2 Å². The van der Waals surface area contributed by atoms with Crippen LogP contribution in [-0.4, -0.2) is 34.1 Å². The monoisotopic (exact) mass is 446 g/mol. The summed E-state index contributed by atoms with van der Waals surface area (Å²) in [5.41, 5.74) is 1.63. The fourth-order valence-electron chi connectivity index (χ4n) is 2.79. The Morgan fingerprint density at radius 2 is 1.77 bits per heavy atom. The van der Waals surface area contributed by atoms with E-state index in [0.717, 1.165) is 16.5 Å². The number of sulfonamides is 1. The van der Waals surface area contributed by atoms with Gasteiger partial charge in [-0.05, 0) is 50.1 Å². The fraction of sp³-hybridized carbons (Fsp3) is 0.348. The molecule has 31 heavy (non-hydrogen) atoms. The third kappa shape index (κ3) is 8.43. The number of carbonyl (C=O) groups excluding carboxylic acids is 1. The average molecular weight is 447 g/mol. The first kappa shape index (κ1) is 24.4. The van der Waals surface area contributed by atoms with Gasteiger partial charge in [0.25, 0.3) is 0 Å². The number of hydrogen-bond donors (Lipinski definition) is 2. The Balaban J connectivity index is 1.86. The number of benzene rings is 2. The molecule has 0 bridgehead atoms. The number of ether oxygens (including phenoxy) is 2. The van der Waals surface area contributed by atoms with E-state index in [4.69, 9.17) is 9.47 Å². The molecule has 0 aliphatic carbocycles. The lowest BCUT2D eigenvalue weighted by Crippen LogP contribution is -2.31. The molecule has 1 atom stereocenters. The normalized spacial score (nSPS) is 12.7. The number of amides is 1. The first-order chi connectivity index (χ1) is 14.7. The lowest BCUT2D eigenvalue weighted by atomic mass is 10.1. The highest BCUT2D eigenvalue weighted by Gasteiger charge is 2.14. The van der Waals surface area contributed by atoms with Crippen LogP contribution in [0.15, 0.2) is 53.9 Å². The van der Waals surface area contributed by atoms with Crippen LogP contribution in [-0.2, 0) is 14.8 Å². The molecule has 0 fully saturated rings. The minimum atomic E-state index is -3.62. The van der Waals surface area contributed by atoms with E-state index >= 15 is 0 Å². The van der Waals surface area contributed by atoms with Gasteiger partial charge >= 0.3 is 0 Å². The van der Waals surface area contributed by atoms with Crippen molar-refractivity contribution in [2.24, 2.45) is 0 Å². The van der Waals surface area contributed by atoms with Gasteiger partial charge in [-0.1, -0.05) is 36.4 Å². The number of nitrogens with one attached hydrogen (secondary N) is 2. The maximum Gasteiger partial charge on any atom is 0.233 e. The van der Waals surface area contributed by atoms with Crippen LogP contribution in [0, 0.1) is 0 Å². The van der Waals surface area contributed by atoms with Crippen LogP contribution in [0.3, 0.4) is 0 Å². The van der Waals surface area contributed by atoms with Crippen LogP contribution in [0.1, 0.15) is 44.4 Å². The van der Waals surface area contributed by atoms with Gasteiger partial charge in [-0.2, -0.15) is 0 Å². The smallest absolute Gasteiger partial charge is 0.233 e. The largest absolute Gasteiger partial charge is 0.493 e. The van der Waals surface area contributed by atoms with Crippen LogP contribution >= 0.6 is 0 Å². The zero-order chi connectivity index (χ0) is 22.9. The van der Waals surface area contributed by atoms with Gasteiger partial charge in [0.1, 0.15) is 0 Å². The van der Waals surface area contributed by atoms with Gasteiger partial charge in [-0.25, -0.2) is 13.1 Å². The van der Waals surface area contributed by atoms with E-state index in [1.165, 1.54) is 6.08 Å². The summed E-state index contributed by atoms with van der Waals surface area (Å²) in [6, 6.07) is 14.3. The summed E-state index contributed by atoms with van der Waals surface area (Å²) in [5, 5.41) is 3.96. The topological polar surface area (TPSA) is 93.7 Å². The highest BCUT2D eigenvalue weighted by atomic mass is 32.2. The van der Waals surface area contributed by atoms with Crippen molar-refractivity contribution in [1.29, 1.82) is 0 Å². The Labute approximate surface area is 184 Å². The molecule has 0 saturated carbocycles. The van der Waals surface area contributed by atoms with Gasteiger partial charge < -0.3 is 14.8 Å². The van der Waals surface area contributed by atoms with E-state index in [2.05, 4.69) is 10.0 Å². The summed E-state index contributed by atoms with van der Waals surface area (Å²) < 4.78 is 37.6. The maximum absolute atomic E-state index is 12.2. The van der Waals surface area contributed by atoms with Crippen LogP contribution in [0.4, 0.5) is 0 Å². The lowest BCUT2D eigenvalue weighted by Gasteiger charge is -2.18. The van der Waals surface area contributed by atoms with Crippen molar-refractivity contribution < 1.29 is 22.7 Å². The maximum atomic E-state index is 12.2. The predicted molar refractivity (Wildman–Crippen MR) is 122 cm³/mol. The summed E-state index contributed by atoms with van der Waals surface area (Å²) in [6.07, 6.45) is 1.54. The number of carbonyl (C=O) groups is 1. The molecular formula is C23H30N2O5S. The van der Waals surface area contributed by atoms with Gasteiger partial charge in [-0.3, -0.25) is 4.79 Å². The molecule has 0 aliphatic heterocycles. The second kappa shape index (κ2) is 11.5. The molecule has 2 N–H and O–H groups in total. The first-order valence-electron chi connectivity index (χ1n) is 10.1. The lowest BCUT2D eigenvalue weighted by molar-refractivity contribution is -0.121. The van der Waals surface area contributed by atoms with E-state index < -0.39 is 10.0 Å². The van der Waals surface area contributed by atoms with E-state index in [1.54, 1.807) is 19.2 Å². The Morgan fingerprint density at radius 1 is 1.06 bits per heavy atom. The van der Waals surface area contributed by atoms with Gasteiger partial charge in [0.2, 0.25) is 15.9 Å². The number of hydrogen-bond acceptors (Lipinski definition) is 5. The van der Waals surface area contributed by atoms with E-state index in [9.17, 15) is 13.2 Å². The molecule has 1 unspecified atom stereocenters. The van der Waals surface area contributed by atoms with Crippen molar-refractivity contribution in [2.45, 2.75) is 39.3 Å². The van der Waals surface area contributed by atoms with Crippen molar-refractivity contribution in [3.05, 3.63) is 65.1 Å². The highest BCUT2D eigenvalue weighted by molar-refractivity contribution is 7.92. The summed E-state index contributed by atoms with van der Waals surface area (Å²) >= 11 is 0. The van der Waals surface area contributed by atoms with Crippen molar-refractivity contribution in [1.82, 2.24) is 10.0 Å². The molecular weight excluding hydrogens is 416 g/mol. The van der Waals surface area contributed by atoms with E-state index in [0.29, 0.717) is 11.5 Å². The molecule has 2 rings (SSSR count). The van der Waals surface area contributed by atoms with Gasteiger partial charge in [0.05, 0.1) is 19.3 Å². The van der Waals surface area contributed by atoms with Gasteiger partial charge in [0, 0.05) is 18.4 Å². The first-order valence-corrected chi connectivity index (χ1v) is 11.6. The van der Waals surface area contributed by atoms with E-state index in [-0.39, 0.29) is 31.0 Å². The number of methoxy groups -OCH3 is 1. The molecule has 7 nitrogen and oxygen atoms in total. The average Bonchev–Trinajstić information content (AvgIpc) is 2.72. The standard InChI is InChI=1S/C23H30N2O5S/c1-17(2)30-21-11-10-20(16-22(21)29-4)18(3)25-23(26)12-14-24-31(27,28)15-13-19-8-6-5-7-9-19/h5-11,13,15-18,24H,12,14H2,1-4H3,(H,25,26)/b15-13+. The van der Waals surface area contributed by atoms with Crippen molar-refractivity contribution >= 4 is 22.0 Å². The summed E-state index contributed by atoms with van der Waals surface area (Å²) in [7, 11) is -2.06. The van der Waals surface area contributed by atoms with Gasteiger partial charge in [-0.15, -0.1) is 0 Å². The van der Waals surface area contributed by atoms with Gasteiger partial charge in [0.15, 0.2) is 11.5 Å². The molecule has 8 heteroatoms. The third-order valence-corrected chi connectivity index (χ3v) is 5.42. The summed E-state index contributed by atoms with van der Waals surface area (Å²) in [5.74, 6) is 0.965. The zero-order valence-corrected chi connectivity index (χ0v) is 19.1. The molecule has 168 valence electrons. The van der Waals surface area contributed by atoms with Crippen LogP contribution < -0.4 is 19.5 Å². The van der Waals surface area contributed by atoms with Crippen LogP contribution in [0.25, 0.3) is 6.08 Å². The minimum Gasteiger partial charge on any atom is -0.493 e. The number of rotatable bonds is 11. The quantitative estimate of drug-likeness (QED) is 0.550. The van der Waals surface area contributed by atoms with Crippen molar-refractivity contribution in [3.63, 3.8) is 0 Å².